The van der Waals surface area contributed by atoms with Gasteiger partial charge in [0.05, 0.1) is 56.9 Å². The van der Waals surface area contributed by atoms with Crippen LogP contribution in [0.2, 0.25) is 0 Å². The second kappa shape index (κ2) is 9.29. The molecule has 3 N–H and O–H groups in total. The summed E-state index contributed by atoms with van der Waals surface area (Å²) in [5, 5.41) is 21.2. The number of nitrogens with zero attached hydrogens (tertiary/aromatic N) is 6. The number of aromatic amines is 1. The molecular weight excluding hydrogens is 452 g/mol. The van der Waals surface area contributed by atoms with Crippen molar-refractivity contribution in [3.8, 4) is 22.9 Å². The summed E-state index contributed by atoms with van der Waals surface area (Å²) in [6, 6.07) is 3.70. The Kier molecular flexibility index (Phi) is 6.03. The maximum atomic E-state index is 9.85. The van der Waals surface area contributed by atoms with Gasteiger partial charge in [0.15, 0.2) is 23.0 Å². The van der Waals surface area contributed by atoms with E-state index in [4.69, 9.17) is 19.2 Å². The number of nitrogens with one attached hydrogen (secondary N) is 2. The van der Waals surface area contributed by atoms with E-state index < -0.39 is 0 Å². The molecule has 0 amide bonds. The van der Waals surface area contributed by atoms with E-state index in [1.54, 1.807) is 27.7 Å². The quantitative estimate of drug-likeness (QED) is 0.345. The smallest absolute Gasteiger partial charge is 0.232 e. The van der Waals surface area contributed by atoms with Crippen LogP contribution < -0.4 is 24.4 Å². The molecule has 3 aromatic heterocycles. The van der Waals surface area contributed by atoms with Gasteiger partial charge in [-0.3, -0.25) is 5.10 Å². The van der Waals surface area contributed by atoms with Gasteiger partial charge in [-0.15, -0.1) is 0 Å². The molecule has 1 fully saturated rings. The zero-order valence-electron chi connectivity index (χ0n) is 20.1. The van der Waals surface area contributed by atoms with Crippen molar-refractivity contribution >= 4 is 28.6 Å². The van der Waals surface area contributed by atoms with Crippen LogP contribution in [-0.2, 0) is 0 Å². The second-order valence-electron chi connectivity index (χ2n) is 8.25. The summed E-state index contributed by atoms with van der Waals surface area (Å²) in [4.78, 5) is 16.0. The number of hydrogen-bond acceptors (Lipinski definition) is 10. The molecule has 35 heavy (non-hydrogen) atoms. The number of ether oxygens (including phenoxy) is 3. The molecule has 0 aliphatic carbocycles. The number of imidazole rings is 1. The molecule has 12 nitrogen and oxygen atoms in total. The number of hydrogen-bond donors (Lipinski definition) is 3. The van der Waals surface area contributed by atoms with Gasteiger partial charge in [-0.1, -0.05) is 0 Å². The van der Waals surface area contributed by atoms with Gasteiger partial charge in [-0.05, 0) is 19.8 Å². The molecule has 12 heteroatoms. The summed E-state index contributed by atoms with van der Waals surface area (Å²) >= 11 is 0. The van der Waals surface area contributed by atoms with Crippen LogP contribution in [0, 0.1) is 6.92 Å². The first-order valence-corrected chi connectivity index (χ1v) is 11.3. The molecule has 1 saturated heterocycles. The fourth-order valence-electron chi connectivity index (χ4n) is 4.48. The van der Waals surface area contributed by atoms with Gasteiger partial charge in [0.2, 0.25) is 11.7 Å². The van der Waals surface area contributed by atoms with E-state index in [9.17, 15) is 5.11 Å². The highest BCUT2D eigenvalue weighted by Gasteiger charge is 2.28. The van der Waals surface area contributed by atoms with Crippen molar-refractivity contribution in [1.29, 1.82) is 0 Å². The number of aryl methyl sites for hydroxylation is 1. The minimum atomic E-state index is 0.0227. The van der Waals surface area contributed by atoms with Gasteiger partial charge < -0.3 is 34.1 Å². The monoisotopic (exact) mass is 480 g/mol. The van der Waals surface area contributed by atoms with E-state index in [2.05, 4.69) is 30.4 Å². The van der Waals surface area contributed by atoms with Gasteiger partial charge in [0, 0.05) is 18.7 Å². The van der Waals surface area contributed by atoms with Crippen molar-refractivity contribution in [2.24, 2.45) is 0 Å². The highest BCUT2D eigenvalue weighted by Crippen LogP contribution is 2.39. The summed E-state index contributed by atoms with van der Waals surface area (Å²) in [6.45, 7) is 2.81. The first-order valence-electron chi connectivity index (χ1n) is 11.3. The van der Waals surface area contributed by atoms with Crippen LogP contribution in [0.1, 0.15) is 18.5 Å². The zero-order valence-corrected chi connectivity index (χ0v) is 20.1. The van der Waals surface area contributed by atoms with Crippen LogP contribution >= 0.6 is 0 Å². The molecule has 184 valence electrons. The van der Waals surface area contributed by atoms with Crippen molar-refractivity contribution in [2.45, 2.75) is 25.8 Å². The maximum Gasteiger partial charge on any atom is 0.232 e. The summed E-state index contributed by atoms with van der Waals surface area (Å²) in [5.41, 5.74) is 2.23. The molecular formula is C23H28N8O4. The maximum absolute atomic E-state index is 9.85. The molecule has 4 aromatic rings. The Balaban J connectivity index is 1.48. The van der Waals surface area contributed by atoms with Crippen molar-refractivity contribution in [3.63, 3.8) is 0 Å². The first kappa shape index (κ1) is 22.7. The molecule has 0 bridgehead atoms. The summed E-state index contributed by atoms with van der Waals surface area (Å²) in [7, 11) is 4.72. The van der Waals surface area contributed by atoms with E-state index in [0.29, 0.717) is 34.7 Å². The number of rotatable bonds is 8. The van der Waals surface area contributed by atoms with Crippen molar-refractivity contribution in [3.05, 3.63) is 30.4 Å². The zero-order chi connectivity index (χ0) is 24.5. The lowest BCUT2D eigenvalue weighted by atomic mass is 10.2. The third kappa shape index (κ3) is 4.05. The van der Waals surface area contributed by atoms with Crippen LogP contribution in [-0.4, -0.2) is 75.3 Å². The molecule has 0 saturated carbocycles. The largest absolute Gasteiger partial charge is 0.493 e. The fraction of sp³-hybridized carbons (Fsp3) is 0.391. The number of aromatic nitrogens is 6. The summed E-state index contributed by atoms with van der Waals surface area (Å²) < 4.78 is 18.2. The third-order valence-corrected chi connectivity index (χ3v) is 6.21. The van der Waals surface area contributed by atoms with Gasteiger partial charge in [-0.2, -0.15) is 15.1 Å². The van der Waals surface area contributed by atoms with Crippen LogP contribution in [0.3, 0.4) is 0 Å². The number of aliphatic hydroxyl groups excluding tert-OH is 1. The first-order chi connectivity index (χ1) is 17.1. The van der Waals surface area contributed by atoms with Gasteiger partial charge >= 0.3 is 0 Å². The Labute approximate surface area is 201 Å². The standard InChI is InChI=1S/C23H28N8O4/c1-13-19-21(29-28-13)26-23(27-22(19)31-7-5-6-14(31)11-32)25-18-10-30(12-24-18)15-8-16(33-2)20(35-4)17(9-15)34-3/h8-10,12,14,32H,5-7,11H2,1-4H3,(H2,25,26,27,28,29)/t14-/m0/s1. The predicted octanol–water partition coefficient (Wildman–Crippen LogP) is 2.58. The number of aliphatic hydroxyl groups is 1. The molecule has 0 unspecified atom stereocenters. The molecule has 1 aromatic carbocycles. The van der Waals surface area contributed by atoms with E-state index >= 15 is 0 Å². The highest BCUT2D eigenvalue weighted by atomic mass is 16.5. The average Bonchev–Trinajstić information content (AvgIpc) is 3.63. The Morgan fingerprint density at radius 3 is 2.60 bits per heavy atom. The lowest BCUT2D eigenvalue weighted by Gasteiger charge is -2.25. The Bertz CT molecular complexity index is 1330. The van der Waals surface area contributed by atoms with Crippen LogP contribution in [0.15, 0.2) is 24.7 Å². The third-order valence-electron chi connectivity index (χ3n) is 6.21. The van der Waals surface area contributed by atoms with Crippen LogP contribution in [0.25, 0.3) is 16.7 Å². The predicted molar refractivity (Wildman–Crippen MR) is 130 cm³/mol. The Morgan fingerprint density at radius 2 is 1.91 bits per heavy atom. The van der Waals surface area contributed by atoms with Gasteiger partial charge in [0.25, 0.3) is 0 Å². The van der Waals surface area contributed by atoms with Gasteiger partial charge in [-0.25, -0.2) is 4.98 Å². The minimum absolute atomic E-state index is 0.0227. The SMILES string of the molecule is COc1cc(-n2cnc(Nc3nc(N4CCC[C@H]4CO)c4c(C)n[nH]c4n3)c2)cc(OC)c1OC. The minimum Gasteiger partial charge on any atom is -0.493 e. The van der Waals surface area contributed by atoms with E-state index in [0.717, 1.165) is 42.0 Å². The van der Waals surface area contributed by atoms with Gasteiger partial charge in [0.1, 0.15) is 12.1 Å². The molecule has 1 aliphatic heterocycles. The lowest BCUT2D eigenvalue weighted by Crippen LogP contribution is -2.33. The fourth-order valence-corrected chi connectivity index (χ4v) is 4.48. The molecule has 4 heterocycles. The summed E-state index contributed by atoms with van der Waals surface area (Å²) in [5.74, 6) is 3.30. The summed E-state index contributed by atoms with van der Waals surface area (Å²) in [6.07, 6.45) is 5.40. The molecule has 0 radical (unpaired) electrons. The molecule has 1 atom stereocenters. The van der Waals surface area contributed by atoms with E-state index in [1.165, 1.54) is 0 Å². The topological polar surface area (TPSA) is 135 Å². The molecule has 0 spiro atoms. The number of fused-ring (bicyclic) bond motifs is 1. The Morgan fingerprint density at radius 1 is 1.14 bits per heavy atom. The van der Waals surface area contributed by atoms with Crippen LogP contribution in [0.4, 0.5) is 17.6 Å². The van der Waals surface area contributed by atoms with Crippen molar-refractivity contribution in [1.82, 2.24) is 29.7 Å². The average molecular weight is 481 g/mol. The van der Waals surface area contributed by atoms with Crippen molar-refractivity contribution in [2.75, 3.05) is 44.7 Å². The van der Waals surface area contributed by atoms with E-state index in [-0.39, 0.29) is 12.6 Å². The highest BCUT2D eigenvalue weighted by molar-refractivity contribution is 5.91. The lowest BCUT2D eigenvalue weighted by molar-refractivity contribution is 0.266. The van der Waals surface area contributed by atoms with E-state index in [1.807, 2.05) is 29.8 Å². The second-order valence-corrected chi connectivity index (χ2v) is 8.25. The molecule has 1 aliphatic rings. The molecule has 5 rings (SSSR count). The number of methoxy groups -OCH3 is 3. The Hall–Kier alpha value is -4.06. The van der Waals surface area contributed by atoms with Crippen molar-refractivity contribution < 1.29 is 19.3 Å². The normalized spacial score (nSPS) is 15.6. The number of benzene rings is 1. The van der Waals surface area contributed by atoms with Crippen LogP contribution in [0.5, 0.6) is 17.2 Å². The number of H-pyrrole nitrogens is 1. The number of anilines is 3.